The van der Waals surface area contributed by atoms with Gasteiger partial charge in [-0.1, -0.05) is 43.7 Å². The molecule has 0 spiro atoms. The second-order valence-corrected chi connectivity index (χ2v) is 3.91. The molecule has 1 amide bonds. The molecule has 1 aromatic carbocycles. The minimum absolute atomic E-state index is 0.217. The first-order chi connectivity index (χ1) is 8.13. The van der Waals surface area contributed by atoms with E-state index in [9.17, 15) is 9.59 Å². The molecule has 4 heteroatoms. The maximum Gasteiger partial charge on any atom is 0.326 e. The summed E-state index contributed by atoms with van der Waals surface area (Å²) in [6.45, 7) is 1.89. The largest absolute Gasteiger partial charge is 0.480 e. The van der Waals surface area contributed by atoms with Gasteiger partial charge in [-0.3, -0.25) is 4.79 Å². The summed E-state index contributed by atoms with van der Waals surface area (Å²) in [7, 11) is 0. The number of amides is 1. The Morgan fingerprint density at radius 2 is 1.94 bits per heavy atom. The smallest absolute Gasteiger partial charge is 0.326 e. The number of aliphatic carboxylic acids is 1. The number of carbonyl (C=O) groups excluding carboxylic acids is 1. The van der Waals surface area contributed by atoms with Gasteiger partial charge in [0.05, 0.1) is 6.42 Å². The number of rotatable bonds is 6. The third-order valence-corrected chi connectivity index (χ3v) is 2.42. The fourth-order valence-corrected chi connectivity index (χ4v) is 1.57. The number of nitrogens with one attached hydrogen (secondary N) is 1. The minimum Gasteiger partial charge on any atom is -0.480 e. The topological polar surface area (TPSA) is 66.4 Å². The summed E-state index contributed by atoms with van der Waals surface area (Å²) in [5, 5.41) is 11.4. The van der Waals surface area contributed by atoms with Crippen LogP contribution in [0.4, 0.5) is 0 Å². The van der Waals surface area contributed by atoms with E-state index in [2.05, 4.69) is 5.32 Å². The number of hydrogen-bond donors (Lipinski definition) is 2. The number of hydrogen-bond acceptors (Lipinski definition) is 2. The van der Waals surface area contributed by atoms with Crippen molar-refractivity contribution in [2.24, 2.45) is 0 Å². The highest BCUT2D eigenvalue weighted by molar-refractivity contribution is 5.84. The molecule has 92 valence electrons. The van der Waals surface area contributed by atoms with Crippen LogP contribution < -0.4 is 5.32 Å². The predicted molar refractivity (Wildman–Crippen MR) is 64.6 cm³/mol. The molecule has 1 aromatic rings. The SMILES string of the molecule is CCCC(NC(=O)Cc1ccccc1)C(=O)O. The maximum absolute atomic E-state index is 11.6. The van der Waals surface area contributed by atoms with Crippen LogP contribution in [-0.2, 0) is 16.0 Å². The molecule has 4 nitrogen and oxygen atoms in total. The van der Waals surface area contributed by atoms with Crippen LogP contribution in [0.15, 0.2) is 30.3 Å². The van der Waals surface area contributed by atoms with Crippen LogP contribution in [-0.4, -0.2) is 23.0 Å². The molecule has 0 radical (unpaired) electrons. The Morgan fingerprint density at radius 3 is 2.47 bits per heavy atom. The van der Waals surface area contributed by atoms with Crippen LogP contribution in [0.3, 0.4) is 0 Å². The fourth-order valence-electron chi connectivity index (χ4n) is 1.57. The van der Waals surface area contributed by atoms with Gasteiger partial charge in [0.25, 0.3) is 0 Å². The zero-order valence-electron chi connectivity index (χ0n) is 9.85. The van der Waals surface area contributed by atoms with E-state index in [-0.39, 0.29) is 12.3 Å². The lowest BCUT2D eigenvalue weighted by atomic mass is 10.1. The van der Waals surface area contributed by atoms with Crippen LogP contribution in [0, 0.1) is 0 Å². The fraction of sp³-hybridized carbons (Fsp3) is 0.385. The van der Waals surface area contributed by atoms with Crippen molar-refractivity contribution < 1.29 is 14.7 Å². The Labute approximate surface area is 101 Å². The molecule has 1 rings (SSSR count). The first kappa shape index (κ1) is 13.2. The van der Waals surface area contributed by atoms with Crippen molar-refractivity contribution in [2.75, 3.05) is 0 Å². The van der Waals surface area contributed by atoms with E-state index in [1.165, 1.54) is 0 Å². The van der Waals surface area contributed by atoms with Crippen LogP contribution in [0.2, 0.25) is 0 Å². The third-order valence-electron chi connectivity index (χ3n) is 2.42. The van der Waals surface area contributed by atoms with Crippen LogP contribution in [0.25, 0.3) is 0 Å². The molecule has 17 heavy (non-hydrogen) atoms. The van der Waals surface area contributed by atoms with Crippen molar-refractivity contribution in [3.63, 3.8) is 0 Å². The molecule has 2 N–H and O–H groups in total. The van der Waals surface area contributed by atoms with Crippen molar-refractivity contribution in [2.45, 2.75) is 32.2 Å². The zero-order chi connectivity index (χ0) is 12.7. The molecular formula is C13H17NO3. The molecule has 0 bridgehead atoms. The Kier molecular flexibility index (Phi) is 5.20. The van der Waals surface area contributed by atoms with Gasteiger partial charge in [-0.15, -0.1) is 0 Å². The summed E-state index contributed by atoms with van der Waals surface area (Å²) >= 11 is 0. The molecule has 1 unspecified atom stereocenters. The van der Waals surface area contributed by atoms with Gasteiger partial charge < -0.3 is 10.4 Å². The van der Waals surface area contributed by atoms with Crippen molar-refractivity contribution in [1.82, 2.24) is 5.32 Å². The molecule has 0 aromatic heterocycles. The molecule has 0 aliphatic carbocycles. The summed E-state index contributed by atoms with van der Waals surface area (Å²) in [4.78, 5) is 22.5. The molecular weight excluding hydrogens is 218 g/mol. The molecule has 0 saturated heterocycles. The van der Waals surface area contributed by atoms with Crippen molar-refractivity contribution >= 4 is 11.9 Å². The predicted octanol–water partition coefficient (Wildman–Crippen LogP) is 1.60. The normalized spacial score (nSPS) is 11.8. The summed E-state index contributed by atoms with van der Waals surface area (Å²) in [6, 6.07) is 8.48. The van der Waals surface area contributed by atoms with Crippen molar-refractivity contribution in [1.29, 1.82) is 0 Å². The average molecular weight is 235 g/mol. The highest BCUT2D eigenvalue weighted by Crippen LogP contribution is 2.01. The second-order valence-electron chi connectivity index (χ2n) is 3.91. The van der Waals surface area contributed by atoms with Crippen molar-refractivity contribution in [3.8, 4) is 0 Å². The first-order valence-corrected chi connectivity index (χ1v) is 5.69. The lowest BCUT2D eigenvalue weighted by Crippen LogP contribution is -2.41. The molecule has 0 fully saturated rings. The lowest BCUT2D eigenvalue weighted by Gasteiger charge is -2.13. The summed E-state index contributed by atoms with van der Waals surface area (Å²) in [6.07, 6.45) is 1.40. The Bertz CT molecular complexity index is 376. The van der Waals surface area contributed by atoms with Gasteiger partial charge in [-0.25, -0.2) is 4.79 Å². The second kappa shape index (κ2) is 6.68. The summed E-state index contributed by atoms with van der Waals surface area (Å²) < 4.78 is 0. The summed E-state index contributed by atoms with van der Waals surface area (Å²) in [5.74, 6) is -1.23. The molecule has 0 heterocycles. The van der Waals surface area contributed by atoms with Crippen LogP contribution >= 0.6 is 0 Å². The van der Waals surface area contributed by atoms with E-state index in [1.807, 2.05) is 37.3 Å². The van der Waals surface area contributed by atoms with Crippen LogP contribution in [0.5, 0.6) is 0 Å². The van der Waals surface area contributed by atoms with Gasteiger partial charge in [0.15, 0.2) is 0 Å². The summed E-state index contributed by atoms with van der Waals surface area (Å²) in [5.41, 5.74) is 0.880. The van der Waals surface area contributed by atoms with Gasteiger partial charge in [-0.2, -0.15) is 0 Å². The molecule has 0 aliphatic rings. The zero-order valence-corrected chi connectivity index (χ0v) is 9.85. The van der Waals surface area contributed by atoms with Gasteiger partial charge in [0.2, 0.25) is 5.91 Å². The van der Waals surface area contributed by atoms with E-state index in [0.29, 0.717) is 6.42 Å². The highest BCUT2D eigenvalue weighted by atomic mass is 16.4. The van der Waals surface area contributed by atoms with E-state index in [4.69, 9.17) is 5.11 Å². The molecule has 1 atom stereocenters. The van der Waals surface area contributed by atoms with Gasteiger partial charge in [0, 0.05) is 0 Å². The standard InChI is InChI=1S/C13H17NO3/c1-2-6-11(13(16)17)14-12(15)9-10-7-4-3-5-8-10/h3-5,7-8,11H,2,6,9H2,1H3,(H,14,15)(H,16,17). The van der Waals surface area contributed by atoms with E-state index >= 15 is 0 Å². The van der Waals surface area contributed by atoms with Gasteiger partial charge in [-0.05, 0) is 12.0 Å². The first-order valence-electron chi connectivity index (χ1n) is 5.69. The average Bonchev–Trinajstić information content (AvgIpc) is 2.29. The van der Waals surface area contributed by atoms with Crippen molar-refractivity contribution in [3.05, 3.63) is 35.9 Å². The van der Waals surface area contributed by atoms with E-state index in [1.54, 1.807) is 0 Å². The third kappa shape index (κ3) is 4.68. The monoisotopic (exact) mass is 235 g/mol. The number of carboxylic acid groups (broad SMARTS) is 1. The Hall–Kier alpha value is -1.84. The van der Waals surface area contributed by atoms with E-state index < -0.39 is 12.0 Å². The number of carbonyl (C=O) groups is 2. The molecule has 0 saturated carbocycles. The van der Waals surface area contributed by atoms with Gasteiger partial charge in [0.1, 0.15) is 6.04 Å². The quantitative estimate of drug-likeness (QED) is 0.787. The maximum atomic E-state index is 11.6. The Morgan fingerprint density at radius 1 is 1.29 bits per heavy atom. The highest BCUT2D eigenvalue weighted by Gasteiger charge is 2.18. The molecule has 0 aliphatic heterocycles. The van der Waals surface area contributed by atoms with Gasteiger partial charge >= 0.3 is 5.97 Å². The Balaban J connectivity index is 2.51. The van der Waals surface area contributed by atoms with Crippen LogP contribution in [0.1, 0.15) is 25.3 Å². The number of benzene rings is 1. The number of carboxylic acids is 1. The lowest BCUT2D eigenvalue weighted by molar-refractivity contribution is -0.141. The minimum atomic E-state index is -0.978. The van der Waals surface area contributed by atoms with E-state index in [0.717, 1.165) is 12.0 Å².